The number of piperidine rings is 1. The van der Waals surface area contributed by atoms with Gasteiger partial charge < -0.3 is 4.90 Å². The Labute approximate surface area is 152 Å². The van der Waals surface area contributed by atoms with E-state index in [1.54, 1.807) is 0 Å². The maximum absolute atomic E-state index is 12.1. The first kappa shape index (κ1) is 14.5. The first-order valence-electron chi connectivity index (χ1n) is 9.64. The quantitative estimate of drug-likeness (QED) is 0.790. The number of nitriles is 1. The molecule has 0 spiro atoms. The fourth-order valence-corrected chi connectivity index (χ4v) is 5.87. The summed E-state index contributed by atoms with van der Waals surface area (Å²) in [6.07, 6.45) is 6.53. The van der Waals surface area contributed by atoms with E-state index in [-0.39, 0.29) is 11.8 Å². The van der Waals surface area contributed by atoms with E-state index in [0.717, 1.165) is 16.8 Å². The molecule has 4 nitrogen and oxygen atoms in total. The van der Waals surface area contributed by atoms with Crippen LogP contribution >= 0.6 is 0 Å². The lowest BCUT2D eigenvalue weighted by Gasteiger charge is -2.37. The van der Waals surface area contributed by atoms with Crippen molar-refractivity contribution >= 4 is 28.1 Å². The number of amides is 1. The summed E-state index contributed by atoms with van der Waals surface area (Å²) in [5, 5.41) is 12.0. The fourth-order valence-electron chi connectivity index (χ4n) is 5.87. The third kappa shape index (κ3) is 1.64. The van der Waals surface area contributed by atoms with Gasteiger partial charge in [0.15, 0.2) is 0 Å². The molecule has 0 radical (unpaired) electrons. The highest BCUT2D eigenvalue weighted by molar-refractivity contribution is 6.28. The van der Waals surface area contributed by atoms with E-state index in [1.807, 2.05) is 0 Å². The second kappa shape index (κ2) is 4.94. The highest BCUT2D eigenvalue weighted by atomic mass is 16.1. The Morgan fingerprint density at radius 3 is 2.65 bits per heavy atom. The Balaban J connectivity index is 1.59. The zero-order chi connectivity index (χ0) is 17.4. The highest BCUT2D eigenvalue weighted by Crippen LogP contribution is 2.50. The lowest BCUT2D eigenvalue weighted by molar-refractivity contribution is -0.119. The molecule has 0 saturated carbocycles. The third-order valence-corrected chi connectivity index (χ3v) is 6.90. The van der Waals surface area contributed by atoms with Crippen LogP contribution in [0, 0.1) is 17.2 Å². The smallest absolute Gasteiger partial charge is 0.264 e. The van der Waals surface area contributed by atoms with Crippen molar-refractivity contribution in [3.63, 3.8) is 0 Å². The molecule has 3 heterocycles. The van der Waals surface area contributed by atoms with Crippen LogP contribution in [0.3, 0.4) is 0 Å². The summed E-state index contributed by atoms with van der Waals surface area (Å²) < 4.78 is 0. The first-order valence-corrected chi connectivity index (χ1v) is 9.64. The molecular weight excluding hydrogens is 322 g/mol. The molecule has 2 bridgehead atoms. The Kier molecular flexibility index (Phi) is 2.76. The van der Waals surface area contributed by atoms with Crippen LogP contribution in [0.4, 0.5) is 5.69 Å². The zero-order valence-corrected chi connectivity index (χ0v) is 14.5. The van der Waals surface area contributed by atoms with E-state index in [0.29, 0.717) is 12.1 Å². The third-order valence-electron chi connectivity index (χ3n) is 6.90. The maximum atomic E-state index is 12.1. The summed E-state index contributed by atoms with van der Waals surface area (Å²) in [5.41, 5.74) is 4.30. The number of hydrogen-bond donors (Lipinski definition) is 0. The van der Waals surface area contributed by atoms with Crippen molar-refractivity contribution in [3.05, 3.63) is 41.5 Å². The molecule has 2 aromatic carbocycles. The second-order valence-electron chi connectivity index (χ2n) is 8.04. The van der Waals surface area contributed by atoms with Crippen LogP contribution in [0.15, 0.2) is 35.3 Å². The van der Waals surface area contributed by atoms with Gasteiger partial charge >= 0.3 is 0 Å². The standard InChI is InChI=1S/C22H19N3O/c23-11-17-20-15-9-10-18(25-12-3-1-4-13(25)8-7-12)14-5-2-6-16(19(14)15)21(20)24-22(17)26/h2,5-6,9-10,12-13,17,20H,1,3-4,7-8H2. The summed E-state index contributed by atoms with van der Waals surface area (Å²) >= 11 is 0. The average molecular weight is 341 g/mol. The first-order chi connectivity index (χ1) is 12.8. The van der Waals surface area contributed by atoms with Crippen LogP contribution in [0.25, 0.3) is 10.8 Å². The molecule has 2 aromatic rings. The average Bonchev–Trinajstić information content (AvgIpc) is 3.23. The molecule has 1 aliphatic carbocycles. The molecule has 0 aromatic heterocycles. The van der Waals surface area contributed by atoms with E-state index in [2.05, 4.69) is 46.3 Å². The lowest BCUT2D eigenvalue weighted by atomic mass is 9.88. The van der Waals surface area contributed by atoms with E-state index in [4.69, 9.17) is 0 Å². The van der Waals surface area contributed by atoms with Crippen molar-refractivity contribution in [3.8, 4) is 6.07 Å². The van der Waals surface area contributed by atoms with Crippen molar-refractivity contribution in [1.29, 1.82) is 5.26 Å². The number of nitrogens with zero attached hydrogens (tertiary/aromatic N) is 3. The molecule has 4 unspecified atom stereocenters. The van der Waals surface area contributed by atoms with Crippen molar-refractivity contribution in [1.82, 2.24) is 0 Å². The topological polar surface area (TPSA) is 56.5 Å². The normalized spacial score (nSPS) is 31.3. The van der Waals surface area contributed by atoms with Crippen molar-refractivity contribution < 1.29 is 4.79 Å². The van der Waals surface area contributed by atoms with Gasteiger partial charge in [-0.2, -0.15) is 5.26 Å². The van der Waals surface area contributed by atoms with Crippen molar-refractivity contribution in [2.75, 3.05) is 4.90 Å². The summed E-state index contributed by atoms with van der Waals surface area (Å²) in [6, 6.07) is 14.3. The minimum absolute atomic E-state index is 0.181. The van der Waals surface area contributed by atoms with Crippen LogP contribution < -0.4 is 4.90 Å². The van der Waals surface area contributed by atoms with Crippen molar-refractivity contribution in [2.24, 2.45) is 10.9 Å². The second-order valence-corrected chi connectivity index (χ2v) is 8.04. The number of fused-ring (bicyclic) bond motifs is 5. The van der Waals surface area contributed by atoms with Gasteiger partial charge in [0.05, 0.1) is 17.7 Å². The molecule has 3 aliphatic heterocycles. The van der Waals surface area contributed by atoms with Crippen LogP contribution in [-0.4, -0.2) is 23.7 Å². The highest BCUT2D eigenvalue weighted by Gasteiger charge is 2.46. The number of carbonyl (C=O) groups excluding carboxylic acids is 1. The Morgan fingerprint density at radius 1 is 1.08 bits per heavy atom. The number of benzene rings is 2. The molecule has 6 rings (SSSR count). The van der Waals surface area contributed by atoms with Gasteiger partial charge in [-0.3, -0.25) is 4.79 Å². The lowest BCUT2D eigenvalue weighted by Crippen LogP contribution is -2.39. The van der Waals surface area contributed by atoms with Crippen LogP contribution in [-0.2, 0) is 4.79 Å². The van der Waals surface area contributed by atoms with Crippen LogP contribution in [0.5, 0.6) is 0 Å². The molecule has 4 atom stereocenters. The summed E-state index contributed by atoms with van der Waals surface area (Å²) in [4.78, 5) is 19.1. The summed E-state index contributed by atoms with van der Waals surface area (Å²) in [5.74, 6) is -1.13. The van der Waals surface area contributed by atoms with Crippen molar-refractivity contribution in [2.45, 2.75) is 50.1 Å². The predicted molar refractivity (Wildman–Crippen MR) is 100 cm³/mol. The van der Waals surface area contributed by atoms with Gasteiger partial charge in [0, 0.05) is 28.7 Å². The predicted octanol–water partition coefficient (Wildman–Crippen LogP) is 3.93. The number of hydrogen-bond acceptors (Lipinski definition) is 3. The minimum Gasteiger partial charge on any atom is -0.365 e. The van der Waals surface area contributed by atoms with Gasteiger partial charge in [-0.05, 0) is 49.1 Å². The SMILES string of the molecule is N#CC1C(=O)N=C2c3cccc4c(N5C6CCCC5CC6)ccc(c34)C21. The Bertz CT molecular complexity index is 1030. The number of anilines is 1. The molecule has 26 heavy (non-hydrogen) atoms. The Morgan fingerprint density at radius 2 is 1.88 bits per heavy atom. The fraction of sp³-hybridized carbons (Fsp3) is 0.409. The summed E-state index contributed by atoms with van der Waals surface area (Å²) in [6.45, 7) is 0. The van der Waals surface area contributed by atoms with E-state index >= 15 is 0 Å². The monoisotopic (exact) mass is 341 g/mol. The molecular formula is C22H19N3O. The number of rotatable bonds is 1. The molecule has 2 fully saturated rings. The van der Waals surface area contributed by atoms with Crippen LogP contribution in [0.1, 0.15) is 49.1 Å². The largest absolute Gasteiger partial charge is 0.365 e. The number of carbonyl (C=O) groups is 1. The molecule has 2 saturated heterocycles. The van der Waals surface area contributed by atoms with Gasteiger partial charge in [0.2, 0.25) is 0 Å². The van der Waals surface area contributed by atoms with Gasteiger partial charge in [0.25, 0.3) is 5.91 Å². The molecule has 4 aliphatic rings. The van der Waals surface area contributed by atoms with Gasteiger partial charge in [-0.25, -0.2) is 4.99 Å². The molecule has 1 amide bonds. The van der Waals surface area contributed by atoms with E-state index < -0.39 is 5.92 Å². The number of aliphatic imine (C=N–C) groups is 1. The van der Waals surface area contributed by atoms with Gasteiger partial charge in [-0.1, -0.05) is 24.3 Å². The van der Waals surface area contributed by atoms with Gasteiger partial charge in [-0.15, -0.1) is 0 Å². The molecule has 4 heteroatoms. The zero-order valence-electron chi connectivity index (χ0n) is 14.5. The summed E-state index contributed by atoms with van der Waals surface area (Å²) in [7, 11) is 0. The van der Waals surface area contributed by atoms with E-state index in [9.17, 15) is 10.1 Å². The van der Waals surface area contributed by atoms with Crippen LogP contribution in [0.2, 0.25) is 0 Å². The minimum atomic E-state index is -0.669. The molecule has 0 N–H and O–H groups in total. The maximum Gasteiger partial charge on any atom is 0.264 e. The molecule has 128 valence electrons. The Hall–Kier alpha value is -2.67. The van der Waals surface area contributed by atoms with Gasteiger partial charge in [0.1, 0.15) is 5.92 Å². The van der Waals surface area contributed by atoms with E-state index in [1.165, 1.54) is 48.6 Å².